The molecule has 6 aromatic rings. The number of amides is 2. The molecule has 58 heavy (non-hydrogen) atoms. The molecule has 1 saturated heterocycles. The van der Waals surface area contributed by atoms with Gasteiger partial charge in [-0.15, -0.1) is 0 Å². The van der Waals surface area contributed by atoms with E-state index < -0.39 is 57.5 Å². The number of imidazole rings is 1. The van der Waals surface area contributed by atoms with E-state index in [0.717, 1.165) is 0 Å². The first-order valence-corrected chi connectivity index (χ1v) is 19.8. The van der Waals surface area contributed by atoms with Crippen LogP contribution in [0.1, 0.15) is 24.6 Å². The van der Waals surface area contributed by atoms with Crippen LogP contribution in [0.4, 0.5) is 10.7 Å². The maximum Gasteiger partial charge on any atom is 0.418 e. The van der Waals surface area contributed by atoms with Gasteiger partial charge in [-0.3, -0.25) is 33.8 Å². The molecule has 3 atom stereocenters. The number of aliphatic hydroxyl groups excluding tert-OH is 1. The van der Waals surface area contributed by atoms with Crippen molar-refractivity contribution in [1.82, 2.24) is 29.4 Å². The van der Waals surface area contributed by atoms with Crippen LogP contribution in [0, 0.1) is 0 Å². The zero-order valence-corrected chi connectivity index (χ0v) is 31.9. The number of ether oxygens (including phenoxy) is 4. The maximum absolute atomic E-state index is 13.0. The second-order valence-corrected chi connectivity index (χ2v) is 15.4. The zero-order valence-electron chi connectivity index (χ0n) is 31.1. The third kappa shape index (κ3) is 9.01. The van der Waals surface area contributed by atoms with Gasteiger partial charge in [-0.05, 0) is 48.0 Å². The smallest absolute Gasteiger partial charge is 0.418 e. The largest absolute Gasteiger partial charge is 0.497 e. The normalized spacial score (nSPS) is 16.6. The highest BCUT2D eigenvalue weighted by molar-refractivity contribution is 7.91. The molecule has 0 bridgehead atoms. The van der Waals surface area contributed by atoms with Gasteiger partial charge >= 0.3 is 6.09 Å². The molecule has 1 aliphatic rings. The number of H-pyrrole nitrogens is 1. The van der Waals surface area contributed by atoms with Crippen molar-refractivity contribution < 1.29 is 46.9 Å². The van der Waals surface area contributed by atoms with Crippen LogP contribution in [-0.2, 0) is 35.3 Å². The van der Waals surface area contributed by atoms with Crippen molar-refractivity contribution in [3.05, 3.63) is 107 Å². The average molecular weight is 814 g/mol. The standard InChI is InChI=1S/C39H39N7O11S/c1-54-25-11-13-26(14-12-25)56-22-31-30(47)20-34(57-31)46-23-41-35-36(46)43-38(44-37(35)50)42-32(48)15-16-40-33(49)19-24-21-45(29-10-6-5-9-28(24)29)39(51)55-17-18-58(52,53)27-7-3-2-4-8-27/h2-14,21,23,30-31,34,47H,15-20,22H2,1H3,(H,40,49)(H2,42,43,44,48,50)/t30-,31-,34-/m1/s1. The molecule has 4 N–H and O–H groups in total. The second kappa shape index (κ2) is 17.3. The van der Waals surface area contributed by atoms with Crippen molar-refractivity contribution in [1.29, 1.82) is 0 Å². The van der Waals surface area contributed by atoms with Gasteiger partial charge in [0.25, 0.3) is 5.56 Å². The summed E-state index contributed by atoms with van der Waals surface area (Å²) < 4.78 is 50.2. The lowest BCUT2D eigenvalue weighted by atomic mass is 10.1. The molecule has 18 nitrogen and oxygen atoms in total. The summed E-state index contributed by atoms with van der Waals surface area (Å²) in [4.78, 5) is 62.8. The topological polar surface area (TPSA) is 235 Å². The predicted octanol–water partition coefficient (Wildman–Crippen LogP) is 2.96. The highest BCUT2D eigenvalue weighted by Gasteiger charge is 2.36. The van der Waals surface area contributed by atoms with Crippen LogP contribution in [0.5, 0.6) is 11.5 Å². The summed E-state index contributed by atoms with van der Waals surface area (Å²) in [5.74, 6) is -0.287. The molecule has 1 aliphatic heterocycles. The number of rotatable bonds is 15. The number of methoxy groups -OCH3 is 1. The minimum Gasteiger partial charge on any atom is -0.497 e. The third-order valence-electron chi connectivity index (χ3n) is 9.37. The number of aliphatic hydroxyl groups is 1. The van der Waals surface area contributed by atoms with Crippen LogP contribution < -0.4 is 25.7 Å². The van der Waals surface area contributed by atoms with E-state index in [4.69, 9.17) is 18.9 Å². The molecule has 0 spiro atoms. The molecule has 1 fully saturated rings. The lowest BCUT2D eigenvalue weighted by Crippen LogP contribution is -2.29. The van der Waals surface area contributed by atoms with E-state index >= 15 is 0 Å². The van der Waals surface area contributed by atoms with Crippen molar-refractivity contribution in [2.24, 2.45) is 0 Å². The van der Waals surface area contributed by atoms with E-state index in [1.165, 1.54) is 33.8 Å². The van der Waals surface area contributed by atoms with Crippen LogP contribution in [0.15, 0.2) is 101 Å². The monoisotopic (exact) mass is 813 g/mol. The fourth-order valence-corrected chi connectivity index (χ4v) is 7.53. The van der Waals surface area contributed by atoms with Crippen LogP contribution in [0.3, 0.4) is 0 Å². The summed E-state index contributed by atoms with van der Waals surface area (Å²) in [5.41, 5.74) is 0.501. The van der Waals surface area contributed by atoms with E-state index in [9.17, 15) is 32.7 Å². The number of hydrogen-bond donors (Lipinski definition) is 4. The van der Waals surface area contributed by atoms with Crippen LogP contribution in [-0.4, -0.2) is 100 Å². The molecule has 3 aromatic carbocycles. The molecule has 2 amide bonds. The molecule has 0 unspecified atom stereocenters. The minimum atomic E-state index is -3.66. The first kappa shape index (κ1) is 39.7. The average Bonchev–Trinajstić information content (AvgIpc) is 3.92. The first-order valence-electron chi connectivity index (χ1n) is 18.2. The SMILES string of the molecule is COc1ccc(OC[C@H]2O[C@@H](n3cnc4c(=O)[nH]c(NC(=O)CCNC(=O)Cc5cn(C(=O)OCCS(=O)(=O)c6ccccc6)c6ccccc56)nc43)C[C@H]2O)cc1. The van der Waals surface area contributed by atoms with Crippen molar-refractivity contribution in [2.75, 3.05) is 37.9 Å². The van der Waals surface area contributed by atoms with E-state index in [1.807, 2.05) is 0 Å². The third-order valence-corrected chi connectivity index (χ3v) is 11.1. The van der Waals surface area contributed by atoms with E-state index in [1.54, 1.807) is 73.8 Å². The van der Waals surface area contributed by atoms with Gasteiger partial charge in [0.2, 0.25) is 17.8 Å². The molecule has 0 aliphatic carbocycles. The number of aromatic nitrogens is 5. The summed E-state index contributed by atoms with van der Waals surface area (Å²) in [5, 5.41) is 16.5. The highest BCUT2D eigenvalue weighted by atomic mass is 32.2. The minimum absolute atomic E-state index is 0.00640. The molecule has 302 valence electrons. The Balaban J connectivity index is 0.912. The van der Waals surface area contributed by atoms with Gasteiger partial charge in [0, 0.05) is 31.0 Å². The lowest BCUT2D eigenvalue weighted by Gasteiger charge is -2.16. The first-order chi connectivity index (χ1) is 28.0. The fourth-order valence-electron chi connectivity index (χ4n) is 6.42. The number of anilines is 1. The number of nitrogens with one attached hydrogen (secondary N) is 3. The Kier molecular flexibility index (Phi) is 11.8. The van der Waals surface area contributed by atoms with Gasteiger partial charge in [0.1, 0.15) is 37.0 Å². The molecule has 3 aromatic heterocycles. The van der Waals surface area contributed by atoms with Crippen molar-refractivity contribution >= 4 is 55.8 Å². The molecule has 0 radical (unpaired) electrons. The fraction of sp³-hybridized carbons (Fsp3) is 0.282. The Bertz CT molecular complexity index is 2610. The van der Waals surface area contributed by atoms with Gasteiger partial charge < -0.3 is 29.4 Å². The van der Waals surface area contributed by atoms with Gasteiger partial charge in [0.15, 0.2) is 21.0 Å². The highest BCUT2D eigenvalue weighted by Crippen LogP contribution is 2.31. The number of benzene rings is 3. The molecule has 19 heteroatoms. The predicted molar refractivity (Wildman–Crippen MR) is 208 cm³/mol. The van der Waals surface area contributed by atoms with E-state index in [2.05, 4.69) is 25.6 Å². The van der Waals surface area contributed by atoms with Crippen molar-refractivity contribution in [3.63, 3.8) is 0 Å². The Morgan fingerprint density at radius 3 is 2.52 bits per heavy atom. The van der Waals surface area contributed by atoms with Gasteiger partial charge in [-0.2, -0.15) is 4.98 Å². The molecular weight excluding hydrogens is 775 g/mol. The van der Waals surface area contributed by atoms with Crippen molar-refractivity contribution in [3.8, 4) is 11.5 Å². The Morgan fingerprint density at radius 1 is 1.00 bits per heavy atom. The summed E-state index contributed by atoms with van der Waals surface area (Å²) in [6.07, 6.45) is -0.378. The number of para-hydroxylation sites is 1. The lowest BCUT2D eigenvalue weighted by molar-refractivity contribution is -0.120. The van der Waals surface area contributed by atoms with Gasteiger partial charge in [0.05, 0.1) is 42.1 Å². The summed E-state index contributed by atoms with van der Waals surface area (Å²) in [7, 11) is -2.10. The molecular formula is C39H39N7O11S. The number of carbonyl (C=O) groups excluding carboxylic acids is 3. The number of hydrogen-bond acceptors (Lipinski definition) is 13. The number of fused-ring (bicyclic) bond motifs is 2. The van der Waals surface area contributed by atoms with Gasteiger partial charge in [-0.1, -0.05) is 36.4 Å². The zero-order chi connectivity index (χ0) is 40.8. The number of nitrogens with zero attached hydrogens (tertiary/aromatic N) is 4. The number of aromatic amines is 1. The Labute approximate surface area is 330 Å². The number of carbonyl (C=O) groups is 3. The Morgan fingerprint density at radius 2 is 1.74 bits per heavy atom. The van der Waals surface area contributed by atoms with Crippen molar-refractivity contribution in [2.45, 2.75) is 42.6 Å². The van der Waals surface area contributed by atoms with Crippen LogP contribution >= 0.6 is 0 Å². The quantitative estimate of drug-likeness (QED) is 0.117. The summed E-state index contributed by atoms with van der Waals surface area (Å²) in [6, 6.07) is 21.7. The molecule has 7 rings (SSSR count). The van der Waals surface area contributed by atoms with Crippen LogP contribution in [0.2, 0.25) is 0 Å². The molecule has 4 heterocycles. The summed E-state index contributed by atoms with van der Waals surface area (Å²) in [6.45, 7) is -0.366. The molecule has 0 saturated carbocycles. The van der Waals surface area contributed by atoms with E-state index in [-0.39, 0.29) is 61.0 Å². The second-order valence-electron chi connectivity index (χ2n) is 13.3. The van der Waals surface area contributed by atoms with E-state index in [0.29, 0.717) is 28.0 Å². The summed E-state index contributed by atoms with van der Waals surface area (Å²) >= 11 is 0. The maximum atomic E-state index is 13.0. The van der Waals surface area contributed by atoms with Gasteiger partial charge in [-0.25, -0.2) is 18.2 Å². The Hall–Kier alpha value is -6.57. The number of sulfone groups is 1. The van der Waals surface area contributed by atoms with Crippen LogP contribution in [0.25, 0.3) is 22.1 Å².